The van der Waals surface area contributed by atoms with Gasteiger partial charge in [-0.05, 0) is 25.1 Å². The molecule has 1 aliphatic heterocycles. The molecule has 1 aliphatic rings. The predicted octanol–water partition coefficient (Wildman–Crippen LogP) is 2.26. The highest BCUT2D eigenvalue weighted by Crippen LogP contribution is 2.25. The molecule has 7 heteroatoms. The number of carbonyl (C=O) groups is 2. The molecule has 0 aliphatic carbocycles. The first-order valence-corrected chi connectivity index (χ1v) is 8.55. The van der Waals surface area contributed by atoms with Crippen molar-refractivity contribution in [2.45, 2.75) is 13.3 Å². The Morgan fingerprint density at radius 2 is 2.08 bits per heavy atom. The van der Waals surface area contributed by atoms with Crippen molar-refractivity contribution in [1.29, 1.82) is 0 Å². The Balaban J connectivity index is 1.69. The van der Waals surface area contributed by atoms with Crippen LogP contribution in [-0.2, 0) is 16.0 Å². The summed E-state index contributed by atoms with van der Waals surface area (Å²) < 4.78 is 6.67. The minimum atomic E-state index is 0.0118. The fourth-order valence-electron chi connectivity index (χ4n) is 2.67. The smallest absolute Gasteiger partial charge is 0.228 e. The number of aromatic nitrogens is 1. The van der Waals surface area contributed by atoms with Crippen LogP contribution in [0.2, 0.25) is 0 Å². The number of nitrogens with zero attached hydrogens (tertiary/aromatic N) is 3. The van der Waals surface area contributed by atoms with Crippen LogP contribution in [0.4, 0.5) is 0 Å². The predicted molar refractivity (Wildman–Crippen MR) is 92.3 cm³/mol. The van der Waals surface area contributed by atoms with Crippen molar-refractivity contribution in [2.75, 3.05) is 26.2 Å². The molecule has 0 radical (unpaired) electrons. The van der Waals surface area contributed by atoms with Crippen LogP contribution in [-0.4, -0.2) is 53.3 Å². The Morgan fingerprint density at radius 3 is 2.75 bits per heavy atom. The third-order valence-electron chi connectivity index (χ3n) is 4.10. The molecule has 2 heterocycles. The molecule has 0 spiro atoms. The standard InChI is InChI=1S/C17H18BrN3O3/c1-12-15(10-16(23)21-7-5-20(11-22)6-8-21)19-17(24-12)13-3-2-4-14(18)9-13/h2-4,9,11H,5-8,10H2,1H3. The van der Waals surface area contributed by atoms with Crippen molar-refractivity contribution in [3.8, 4) is 11.5 Å². The number of aryl methyl sites for hydroxylation is 1. The molecule has 1 fully saturated rings. The second-order valence-corrected chi connectivity index (χ2v) is 6.65. The molecular formula is C17H18BrN3O3. The first-order valence-electron chi connectivity index (χ1n) is 7.76. The van der Waals surface area contributed by atoms with Crippen LogP contribution < -0.4 is 0 Å². The lowest BCUT2D eigenvalue weighted by atomic mass is 10.2. The van der Waals surface area contributed by atoms with Crippen LogP contribution in [0.1, 0.15) is 11.5 Å². The van der Waals surface area contributed by atoms with Crippen LogP contribution in [0.5, 0.6) is 0 Å². The van der Waals surface area contributed by atoms with E-state index in [1.165, 1.54) is 0 Å². The Morgan fingerprint density at radius 1 is 1.33 bits per heavy atom. The number of piperazine rings is 1. The van der Waals surface area contributed by atoms with Gasteiger partial charge < -0.3 is 14.2 Å². The molecule has 0 bridgehead atoms. The van der Waals surface area contributed by atoms with Crippen molar-refractivity contribution in [3.63, 3.8) is 0 Å². The number of benzene rings is 1. The van der Waals surface area contributed by atoms with Crippen molar-refractivity contribution in [3.05, 3.63) is 40.2 Å². The fraction of sp³-hybridized carbons (Fsp3) is 0.353. The van der Waals surface area contributed by atoms with E-state index in [9.17, 15) is 9.59 Å². The van der Waals surface area contributed by atoms with Crippen molar-refractivity contribution in [1.82, 2.24) is 14.8 Å². The van der Waals surface area contributed by atoms with Crippen LogP contribution in [0.15, 0.2) is 33.2 Å². The van der Waals surface area contributed by atoms with Crippen LogP contribution >= 0.6 is 15.9 Å². The quantitative estimate of drug-likeness (QED) is 0.749. The minimum absolute atomic E-state index is 0.0118. The molecule has 24 heavy (non-hydrogen) atoms. The van der Waals surface area contributed by atoms with E-state index in [0.717, 1.165) is 16.4 Å². The maximum absolute atomic E-state index is 12.4. The van der Waals surface area contributed by atoms with Crippen molar-refractivity contribution in [2.24, 2.45) is 0 Å². The summed E-state index contributed by atoms with van der Waals surface area (Å²) in [5, 5.41) is 0. The number of rotatable bonds is 4. The first kappa shape index (κ1) is 16.7. The van der Waals surface area contributed by atoms with Crippen molar-refractivity contribution >= 4 is 28.2 Å². The van der Waals surface area contributed by atoms with Gasteiger partial charge in [-0.1, -0.05) is 22.0 Å². The lowest BCUT2D eigenvalue weighted by molar-refractivity contribution is -0.134. The van der Waals surface area contributed by atoms with E-state index in [4.69, 9.17) is 4.42 Å². The Kier molecular flexibility index (Phi) is 4.99. The third-order valence-corrected chi connectivity index (χ3v) is 4.59. The average molecular weight is 392 g/mol. The molecule has 2 amide bonds. The summed E-state index contributed by atoms with van der Waals surface area (Å²) in [7, 11) is 0. The second-order valence-electron chi connectivity index (χ2n) is 5.73. The molecule has 0 atom stereocenters. The van der Waals surface area contributed by atoms with Crippen molar-refractivity contribution < 1.29 is 14.0 Å². The molecule has 2 aromatic rings. The average Bonchev–Trinajstić information content (AvgIpc) is 2.96. The van der Waals surface area contributed by atoms with Gasteiger partial charge in [0, 0.05) is 36.2 Å². The van der Waals surface area contributed by atoms with Gasteiger partial charge in [0.25, 0.3) is 0 Å². The summed E-state index contributed by atoms with van der Waals surface area (Å²) in [6.45, 7) is 4.11. The maximum atomic E-state index is 12.4. The highest BCUT2D eigenvalue weighted by molar-refractivity contribution is 9.10. The number of halogens is 1. The molecule has 1 saturated heterocycles. The minimum Gasteiger partial charge on any atom is -0.441 e. The molecule has 3 rings (SSSR count). The zero-order valence-electron chi connectivity index (χ0n) is 13.4. The van der Waals surface area contributed by atoms with Crippen LogP contribution in [0.3, 0.4) is 0 Å². The van der Waals surface area contributed by atoms with E-state index in [2.05, 4.69) is 20.9 Å². The van der Waals surface area contributed by atoms with E-state index in [0.29, 0.717) is 43.5 Å². The summed E-state index contributed by atoms with van der Waals surface area (Å²) >= 11 is 3.43. The lowest BCUT2D eigenvalue weighted by Crippen LogP contribution is -2.48. The molecule has 0 N–H and O–H groups in total. The van der Waals surface area contributed by atoms with Gasteiger partial charge >= 0.3 is 0 Å². The Bertz CT molecular complexity index is 751. The van der Waals surface area contributed by atoms with E-state index in [1.807, 2.05) is 31.2 Å². The third kappa shape index (κ3) is 3.67. The Labute approximate surface area is 148 Å². The first-order chi connectivity index (χ1) is 11.6. The van der Waals surface area contributed by atoms with Gasteiger partial charge in [0.05, 0.1) is 12.1 Å². The summed E-state index contributed by atoms with van der Waals surface area (Å²) in [5.74, 6) is 1.19. The summed E-state index contributed by atoms with van der Waals surface area (Å²) in [6.07, 6.45) is 1.04. The highest BCUT2D eigenvalue weighted by atomic mass is 79.9. The number of hydrogen-bond donors (Lipinski definition) is 0. The molecule has 1 aromatic carbocycles. The molecule has 0 saturated carbocycles. The molecule has 1 aromatic heterocycles. The van der Waals surface area contributed by atoms with E-state index in [1.54, 1.807) is 9.80 Å². The summed E-state index contributed by atoms with van der Waals surface area (Å²) in [4.78, 5) is 31.1. The second kappa shape index (κ2) is 7.17. The van der Waals surface area contributed by atoms with Gasteiger partial charge in [-0.15, -0.1) is 0 Å². The topological polar surface area (TPSA) is 66.7 Å². The largest absolute Gasteiger partial charge is 0.441 e. The number of hydrogen-bond acceptors (Lipinski definition) is 4. The number of amides is 2. The normalized spacial score (nSPS) is 14.8. The van der Waals surface area contributed by atoms with E-state index >= 15 is 0 Å². The van der Waals surface area contributed by atoms with Gasteiger partial charge in [-0.25, -0.2) is 4.98 Å². The SMILES string of the molecule is Cc1oc(-c2cccc(Br)c2)nc1CC(=O)N1CCN(C=O)CC1. The van der Waals surface area contributed by atoms with Crippen LogP contribution in [0.25, 0.3) is 11.5 Å². The summed E-state index contributed by atoms with van der Waals surface area (Å²) in [6, 6.07) is 7.69. The van der Waals surface area contributed by atoms with Gasteiger partial charge in [0.1, 0.15) is 5.76 Å². The Hall–Kier alpha value is -2.15. The van der Waals surface area contributed by atoms with E-state index < -0.39 is 0 Å². The lowest BCUT2D eigenvalue weighted by Gasteiger charge is -2.32. The zero-order chi connectivity index (χ0) is 17.1. The highest BCUT2D eigenvalue weighted by Gasteiger charge is 2.22. The molecule has 0 unspecified atom stereocenters. The van der Waals surface area contributed by atoms with E-state index in [-0.39, 0.29) is 12.3 Å². The molecule has 6 nitrogen and oxygen atoms in total. The maximum Gasteiger partial charge on any atom is 0.228 e. The van der Waals surface area contributed by atoms with Crippen LogP contribution in [0, 0.1) is 6.92 Å². The zero-order valence-corrected chi connectivity index (χ0v) is 15.0. The fourth-order valence-corrected chi connectivity index (χ4v) is 3.07. The number of oxazole rings is 1. The number of carbonyl (C=O) groups excluding carboxylic acids is 2. The van der Waals surface area contributed by atoms with Gasteiger partial charge in [0.15, 0.2) is 0 Å². The summed E-state index contributed by atoms with van der Waals surface area (Å²) in [5.41, 5.74) is 1.53. The van der Waals surface area contributed by atoms with Gasteiger partial charge in [-0.2, -0.15) is 0 Å². The van der Waals surface area contributed by atoms with Gasteiger partial charge in [0.2, 0.25) is 18.2 Å². The monoisotopic (exact) mass is 391 g/mol. The van der Waals surface area contributed by atoms with Gasteiger partial charge in [-0.3, -0.25) is 9.59 Å². The molecular weight excluding hydrogens is 374 g/mol. The molecule has 126 valence electrons.